The molecule has 4 nitrogen and oxygen atoms in total. The standard InChI is InChI=1S/C12H17NO3/c1-2-16-12(15)7-9-3-5-10(6-4-9)11(13)8-14/h3-6,11,14H,2,7-8,13H2,1H3. The molecule has 1 atom stereocenters. The predicted molar refractivity (Wildman–Crippen MR) is 60.8 cm³/mol. The van der Waals surface area contributed by atoms with E-state index in [1.54, 1.807) is 6.92 Å². The van der Waals surface area contributed by atoms with Gasteiger partial charge in [0.25, 0.3) is 0 Å². The summed E-state index contributed by atoms with van der Waals surface area (Å²) >= 11 is 0. The van der Waals surface area contributed by atoms with Crippen molar-refractivity contribution in [2.45, 2.75) is 19.4 Å². The SMILES string of the molecule is CCOC(=O)Cc1ccc(C(N)CO)cc1. The second kappa shape index (κ2) is 6.25. The van der Waals surface area contributed by atoms with Gasteiger partial charge in [0.05, 0.1) is 25.7 Å². The third-order valence-electron chi connectivity index (χ3n) is 2.26. The Bertz CT molecular complexity index is 335. The Morgan fingerprint density at radius 1 is 1.44 bits per heavy atom. The molecule has 1 aromatic rings. The highest BCUT2D eigenvalue weighted by Gasteiger charge is 2.06. The normalized spacial score (nSPS) is 12.2. The lowest BCUT2D eigenvalue weighted by atomic mass is 10.0. The van der Waals surface area contributed by atoms with Gasteiger partial charge < -0.3 is 15.6 Å². The molecule has 3 N–H and O–H groups in total. The summed E-state index contributed by atoms with van der Waals surface area (Å²) in [5.41, 5.74) is 7.39. The van der Waals surface area contributed by atoms with Crippen molar-refractivity contribution in [3.8, 4) is 0 Å². The highest BCUT2D eigenvalue weighted by atomic mass is 16.5. The number of benzene rings is 1. The van der Waals surface area contributed by atoms with Crippen LogP contribution in [0.3, 0.4) is 0 Å². The minimum atomic E-state index is -0.364. The number of hydrogen-bond donors (Lipinski definition) is 2. The lowest BCUT2D eigenvalue weighted by molar-refractivity contribution is -0.142. The fraction of sp³-hybridized carbons (Fsp3) is 0.417. The number of aliphatic hydroxyl groups is 1. The van der Waals surface area contributed by atoms with E-state index in [-0.39, 0.29) is 25.0 Å². The average molecular weight is 223 g/mol. The zero-order chi connectivity index (χ0) is 12.0. The molecule has 0 spiro atoms. The summed E-state index contributed by atoms with van der Waals surface area (Å²) in [4.78, 5) is 11.2. The first-order valence-electron chi connectivity index (χ1n) is 5.28. The predicted octanol–water partition coefficient (Wildman–Crippen LogP) is 0.784. The molecular formula is C12H17NO3. The first kappa shape index (κ1) is 12.7. The molecule has 0 bridgehead atoms. The number of esters is 1. The van der Waals surface area contributed by atoms with Crippen LogP contribution in [-0.2, 0) is 16.0 Å². The second-order valence-corrected chi connectivity index (χ2v) is 3.51. The van der Waals surface area contributed by atoms with Crippen molar-refractivity contribution in [2.75, 3.05) is 13.2 Å². The van der Waals surface area contributed by atoms with Gasteiger partial charge in [-0.15, -0.1) is 0 Å². The topological polar surface area (TPSA) is 72.5 Å². The summed E-state index contributed by atoms with van der Waals surface area (Å²) < 4.78 is 4.84. The minimum absolute atomic E-state index is 0.0861. The van der Waals surface area contributed by atoms with E-state index in [1.807, 2.05) is 24.3 Å². The summed E-state index contributed by atoms with van der Waals surface area (Å²) in [6.07, 6.45) is 0.266. The molecule has 0 radical (unpaired) electrons. The lowest BCUT2D eigenvalue weighted by Crippen LogP contribution is -2.14. The van der Waals surface area contributed by atoms with Crippen LogP contribution in [0.2, 0.25) is 0 Å². The zero-order valence-electron chi connectivity index (χ0n) is 9.35. The summed E-state index contributed by atoms with van der Waals surface area (Å²) in [7, 11) is 0. The van der Waals surface area contributed by atoms with Crippen molar-refractivity contribution in [3.05, 3.63) is 35.4 Å². The van der Waals surface area contributed by atoms with Gasteiger partial charge in [0.2, 0.25) is 0 Å². The molecule has 0 aliphatic carbocycles. The quantitative estimate of drug-likeness (QED) is 0.724. The van der Waals surface area contributed by atoms with Crippen molar-refractivity contribution < 1.29 is 14.6 Å². The van der Waals surface area contributed by atoms with Crippen molar-refractivity contribution in [2.24, 2.45) is 5.73 Å². The van der Waals surface area contributed by atoms with E-state index in [0.29, 0.717) is 6.61 Å². The Morgan fingerprint density at radius 2 is 2.06 bits per heavy atom. The third kappa shape index (κ3) is 3.64. The van der Waals surface area contributed by atoms with Crippen LogP contribution in [0.25, 0.3) is 0 Å². The van der Waals surface area contributed by atoms with E-state index in [4.69, 9.17) is 15.6 Å². The van der Waals surface area contributed by atoms with Crippen LogP contribution in [0.5, 0.6) is 0 Å². The molecule has 88 valence electrons. The Balaban J connectivity index is 2.61. The molecule has 1 aromatic carbocycles. The van der Waals surface area contributed by atoms with Crippen LogP contribution in [0.15, 0.2) is 24.3 Å². The van der Waals surface area contributed by atoms with E-state index in [1.165, 1.54) is 0 Å². The van der Waals surface area contributed by atoms with E-state index < -0.39 is 0 Å². The number of carbonyl (C=O) groups excluding carboxylic acids is 1. The minimum Gasteiger partial charge on any atom is -0.466 e. The van der Waals surface area contributed by atoms with E-state index >= 15 is 0 Å². The van der Waals surface area contributed by atoms with Crippen LogP contribution in [-0.4, -0.2) is 24.3 Å². The highest BCUT2D eigenvalue weighted by Crippen LogP contribution is 2.11. The molecule has 16 heavy (non-hydrogen) atoms. The monoisotopic (exact) mass is 223 g/mol. The van der Waals surface area contributed by atoms with Gasteiger partial charge in [0.1, 0.15) is 0 Å². The van der Waals surface area contributed by atoms with Gasteiger partial charge in [0.15, 0.2) is 0 Å². The summed E-state index contributed by atoms with van der Waals surface area (Å²) in [5, 5.41) is 8.87. The number of ether oxygens (including phenoxy) is 1. The molecule has 0 aliphatic heterocycles. The van der Waals surface area contributed by atoms with Crippen LogP contribution in [0.4, 0.5) is 0 Å². The molecule has 0 fully saturated rings. The summed E-state index contributed by atoms with van der Waals surface area (Å²) in [5.74, 6) is -0.235. The van der Waals surface area contributed by atoms with E-state index in [2.05, 4.69) is 0 Å². The molecule has 0 saturated heterocycles. The van der Waals surface area contributed by atoms with Gasteiger partial charge in [0, 0.05) is 0 Å². The Hall–Kier alpha value is -1.39. The molecule has 0 aromatic heterocycles. The number of hydrogen-bond acceptors (Lipinski definition) is 4. The van der Waals surface area contributed by atoms with Gasteiger partial charge in [-0.25, -0.2) is 0 Å². The summed E-state index contributed by atoms with van der Waals surface area (Å²) in [6.45, 7) is 2.09. The fourth-order valence-electron chi connectivity index (χ4n) is 1.37. The molecule has 0 saturated carbocycles. The Labute approximate surface area is 95.0 Å². The van der Waals surface area contributed by atoms with Gasteiger partial charge in [-0.1, -0.05) is 24.3 Å². The van der Waals surface area contributed by atoms with Crippen LogP contribution >= 0.6 is 0 Å². The average Bonchev–Trinajstić information content (AvgIpc) is 2.29. The van der Waals surface area contributed by atoms with Crippen molar-refractivity contribution in [1.82, 2.24) is 0 Å². The molecule has 1 unspecified atom stereocenters. The Kier molecular flexibility index (Phi) is 4.95. The molecule has 0 heterocycles. The van der Waals surface area contributed by atoms with Gasteiger partial charge in [-0.2, -0.15) is 0 Å². The Morgan fingerprint density at radius 3 is 2.56 bits per heavy atom. The van der Waals surface area contributed by atoms with Crippen LogP contribution in [0, 0.1) is 0 Å². The maximum absolute atomic E-state index is 11.2. The molecule has 4 heteroatoms. The maximum atomic E-state index is 11.2. The zero-order valence-corrected chi connectivity index (χ0v) is 9.35. The molecule has 0 aliphatic rings. The first-order chi connectivity index (χ1) is 7.67. The van der Waals surface area contributed by atoms with Crippen LogP contribution < -0.4 is 5.73 Å². The number of rotatable bonds is 5. The van der Waals surface area contributed by atoms with Crippen molar-refractivity contribution >= 4 is 5.97 Å². The first-order valence-corrected chi connectivity index (χ1v) is 5.28. The molecular weight excluding hydrogens is 206 g/mol. The highest BCUT2D eigenvalue weighted by molar-refractivity contribution is 5.72. The number of aliphatic hydroxyl groups excluding tert-OH is 1. The fourth-order valence-corrected chi connectivity index (χ4v) is 1.37. The van der Waals surface area contributed by atoms with Gasteiger partial charge in [-0.05, 0) is 18.1 Å². The summed E-state index contributed by atoms with van der Waals surface area (Å²) in [6, 6.07) is 6.91. The third-order valence-corrected chi connectivity index (χ3v) is 2.26. The van der Waals surface area contributed by atoms with Gasteiger partial charge >= 0.3 is 5.97 Å². The molecule has 1 rings (SSSR count). The van der Waals surface area contributed by atoms with Crippen molar-refractivity contribution in [3.63, 3.8) is 0 Å². The van der Waals surface area contributed by atoms with Gasteiger partial charge in [-0.3, -0.25) is 4.79 Å². The largest absolute Gasteiger partial charge is 0.466 e. The van der Waals surface area contributed by atoms with Crippen LogP contribution in [0.1, 0.15) is 24.1 Å². The maximum Gasteiger partial charge on any atom is 0.310 e. The smallest absolute Gasteiger partial charge is 0.310 e. The van der Waals surface area contributed by atoms with Crippen molar-refractivity contribution in [1.29, 1.82) is 0 Å². The number of nitrogens with two attached hydrogens (primary N) is 1. The van der Waals surface area contributed by atoms with E-state index in [0.717, 1.165) is 11.1 Å². The molecule has 0 amide bonds. The number of carbonyl (C=O) groups is 1. The lowest BCUT2D eigenvalue weighted by Gasteiger charge is -2.09. The second-order valence-electron chi connectivity index (χ2n) is 3.51. The van der Waals surface area contributed by atoms with E-state index in [9.17, 15) is 4.79 Å².